The molecular formula is C15H21Br2F. The number of alkyl halides is 2. The molecule has 0 heterocycles. The van der Waals surface area contributed by atoms with Crippen molar-refractivity contribution in [2.24, 2.45) is 5.92 Å². The second-order valence-corrected chi connectivity index (χ2v) is 6.47. The average molecular weight is 380 g/mol. The first-order valence-corrected chi connectivity index (χ1v) is 8.66. The summed E-state index contributed by atoms with van der Waals surface area (Å²) < 4.78 is 13.4. The fourth-order valence-electron chi connectivity index (χ4n) is 2.14. The van der Waals surface area contributed by atoms with E-state index in [0.717, 1.165) is 28.6 Å². The van der Waals surface area contributed by atoms with Crippen molar-refractivity contribution in [1.29, 1.82) is 0 Å². The molecule has 0 saturated carbocycles. The molecule has 102 valence electrons. The van der Waals surface area contributed by atoms with Crippen molar-refractivity contribution in [1.82, 2.24) is 0 Å². The van der Waals surface area contributed by atoms with Crippen molar-refractivity contribution in [2.75, 3.05) is 10.7 Å². The van der Waals surface area contributed by atoms with Gasteiger partial charge in [-0.25, -0.2) is 4.39 Å². The van der Waals surface area contributed by atoms with Crippen LogP contribution in [0.25, 0.3) is 0 Å². The Balaban J connectivity index is 2.85. The van der Waals surface area contributed by atoms with Gasteiger partial charge in [-0.15, -0.1) is 0 Å². The molecule has 0 spiro atoms. The average Bonchev–Trinajstić information content (AvgIpc) is 2.35. The topological polar surface area (TPSA) is 0 Å². The van der Waals surface area contributed by atoms with Gasteiger partial charge < -0.3 is 0 Å². The first kappa shape index (κ1) is 16.2. The lowest BCUT2D eigenvalue weighted by molar-refractivity contribution is 0.438. The smallest absolute Gasteiger partial charge is 0.123 e. The highest BCUT2D eigenvalue weighted by molar-refractivity contribution is 9.09. The maximum atomic E-state index is 13.4. The van der Waals surface area contributed by atoms with Gasteiger partial charge in [0.1, 0.15) is 5.82 Å². The van der Waals surface area contributed by atoms with Gasteiger partial charge in [0.25, 0.3) is 0 Å². The second-order valence-electron chi connectivity index (χ2n) is 5.34. The first-order chi connectivity index (χ1) is 8.54. The highest BCUT2D eigenvalue weighted by Crippen LogP contribution is 2.35. The molecule has 1 aromatic carbocycles. The van der Waals surface area contributed by atoms with E-state index in [0.29, 0.717) is 0 Å². The third-order valence-electron chi connectivity index (χ3n) is 3.39. The summed E-state index contributed by atoms with van der Waals surface area (Å²) in [6, 6.07) is 7.00. The summed E-state index contributed by atoms with van der Waals surface area (Å²) >= 11 is 7.22. The minimum absolute atomic E-state index is 0.00299. The van der Waals surface area contributed by atoms with Crippen LogP contribution in [0.5, 0.6) is 0 Å². The van der Waals surface area contributed by atoms with Crippen LogP contribution in [0.3, 0.4) is 0 Å². The summed E-state index contributed by atoms with van der Waals surface area (Å²) in [5.74, 6) is 0.573. The highest BCUT2D eigenvalue weighted by atomic mass is 79.9. The van der Waals surface area contributed by atoms with Crippen LogP contribution in [-0.4, -0.2) is 10.7 Å². The monoisotopic (exact) mass is 378 g/mol. The van der Waals surface area contributed by atoms with E-state index in [1.807, 2.05) is 6.07 Å². The Bertz CT molecular complexity index is 359. The van der Waals surface area contributed by atoms with Gasteiger partial charge >= 0.3 is 0 Å². The van der Waals surface area contributed by atoms with Crippen molar-refractivity contribution in [3.05, 3.63) is 35.6 Å². The zero-order valence-corrected chi connectivity index (χ0v) is 14.2. The third kappa shape index (κ3) is 4.34. The lowest BCUT2D eigenvalue weighted by Crippen LogP contribution is -2.30. The molecule has 18 heavy (non-hydrogen) atoms. The van der Waals surface area contributed by atoms with E-state index in [-0.39, 0.29) is 11.2 Å². The molecule has 0 unspecified atom stereocenters. The zero-order chi connectivity index (χ0) is 13.6. The molecule has 1 rings (SSSR count). The summed E-state index contributed by atoms with van der Waals surface area (Å²) in [5.41, 5.74) is 1.08. The molecule has 0 radical (unpaired) electrons. The molecule has 0 aliphatic carbocycles. The summed E-state index contributed by atoms with van der Waals surface area (Å²) in [4.78, 5) is 0. The van der Waals surface area contributed by atoms with E-state index in [9.17, 15) is 4.39 Å². The van der Waals surface area contributed by atoms with Crippen molar-refractivity contribution in [3.8, 4) is 0 Å². The molecule has 0 N–H and O–H groups in total. The van der Waals surface area contributed by atoms with E-state index >= 15 is 0 Å². The summed E-state index contributed by atoms with van der Waals surface area (Å²) in [7, 11) is 0. The van der Waals surface area contributed by atoms with Gasteiger partial charge in [-0.05, 0) is 30.0 Å². The van der Waals surface area contributed by atoms with Crippen LogP contribution in [0, 0.1) is 11.7 Å². The van der Waals surface area contributed by atoms with Crippen LogP contribution in [0.2, 0.25) is 0 Å². The fourth-order valence-corrected chi connectivity index (χ4v) is 4.27. The largest absolute Gasteiger partial charge is 0.207 e. The van der Waals surface area contributed by atoms with Crippen LogP contribution in [-0.2, 0) is 5.41 Å². The lowest BCUT2D eigenvalue weighted by atomic mass is 9.79. The molecule has 0 amide bonds. The maximum absolute atomic E-state index is 13.4. The Morgan fingerprint density at radius 2 is 1.89 bits per heavy atom. The molecule has 0 atom stereocenters. The van der Waals surface area contributed by atoms with E-state index in [2.05, 4.69) is 45.7 Å². The predicted octanol–water partition coefficient (Wildman–Crippen LogP) is 5.68. The molecule has 0 aliphatic rings. The summed E-state index contributed by atoms with van der Waals surface area (Å²) in [6.07, 6.45) is 3.47. The van der Waals surface area contributed by atoms with E-state index < -0.39 is 0 Å². The van der Waals surface area contributed by atoms with Gasteiger partial charge in [-0.1, -0.05) is 70.7 Å². The van der Waals surface area contributed by atoms with Crippen LogP contribution >= 0.6 is 31.9 Å². The minimum Gasteiger partial charge on any atom is -0.207 e. The third-order valence-corrected chi connectivity index (χ3v) is 5.53. The Morgan fingerprint density at radius 1 is 1.22 bits per heavy atom. The second kappa shape index (κ2) is 7.64. The molecule has 0 saturated heterocycles. The van der Waals surface area contributed by atoms with Crippen molar-refractivity contribution < 1.29 is 4.39 Å². The zero-order valence-electron chi connectivity index (χ0n) is 11.1. The number of hydrogen-bond donors (Lipinski definition) is 0. The van der Waals surface area contributed by atoms with Gasteiger partial charge in [0.15, 0.2) is 0 Å². The number of rotatable bonds is 7. The standard InChI is InChI=1S/C15H21Br2F/c1-12(2)5-4-8-15(10-16,11-17)13-6-3-7-14(18)9-13/h3,6-7,9,12H,4-5,8,10-11H2,1-2H3. The Hall–Kier alpha value is 0.110. The molecule has 1 aromatic rings. The minimum atomic E-state index is -0.150. The Labute approximate surface area is 127 Å². The van der Waals surface area contributed by atoms with E-state index in [4.69, 9.17) is 0 Å². The number of halogens is 3. The lowest BCUT2D eigenvalue weighted by Gasteiger charge is -2.31. The molecule has 0 nitrogen and oxygen atoms in total. The van der Waals surface area contributed by atoms with Gasteiger partial charge in [0.2, 0.25) is 0 Å². The van der Waals surface area contributed by atoms with Crippen molar-refractivity contribution in [2.45, 2.75) is 38.5 Å². The van der Waals surface area contributed by atoms with Crippen molar-refractivity contribution in [3.63, 3.8) is 0 Å². The van der Waals surface area contributed by atoms with Crippen molar-refractivity contribution >= 4 is 31.9 Å². The number of hydrogen-bond acceptors (Lipinski definition) is 0. The molecule has 0 bridgehead atoms. The fraction of sp³-hybridized carbons (Fsp3) is 0.600. The molecular weight excluding hydrogens is 359 g/mol. The van der Waals surface area contributed by atoms with Crippen LogP contribution in [0.4, 0.5) is 4.39 Å². The van der Waals surface area contributed by atoms with E-state index in [1.54, 1.807) is 12.1 Å². The molecule has 0 fully saturated rings. The summed E-state index contributed by atoms with van der Waals surface area (Å²) in [6.45, 7) is 4.48. The SMILES string of the molecule is CC(C)CCCC(CBr)(CBr)c1cccc(F)c1. The van der Waals surface area contributed by atoms with Crippen LogP contribution in [0.1, 0.15) is 38.7 Å². The molecule has 0 aromatic heterocycles. The number of benzene rings is 1. The normalized spacial score (nSPS) is 12.1. The van der Waals surface area contributed by atoms with Gasteiger partial charge in [-0.2, -0.15) is 0 Å². The van der Waals surface area contributed by atoms with E-state index in [1.165, 1.54) is 18.9 Å². The maximum Gasteiger partial charge on any atom is 0.123 e. The Morgan fingerprint density at radius 3 is 2.39 bits per heavy atom. The van der Waals surface area contributed by atoms with Crippen LogP contribution < -0.4 is 0 Å². The molecule has 3 heteroatoms. The Kier molecular flexibility index (Phi) is 6.86. The molecule has 0 aliphatic heterocycles. The van der Waals surface area contributed by atoms with Gasteiger partial charge in [0.05, 0.1) is 0 Å². The first-order valence-electron chi connectivity index (χ1n) is 6.42. The highest BCUT2D eigenvalue weighted by Gasteiger charge is 2.29. The summed E-state index contributed by atoms with van der Waals surface area (Å²) in [5, 5.41) is 1.71. The van der Waals surface area contributed by atoms with Gasteiger partial charge in [0, 0.05) is 16.1 Å². The predicted molar refractivity (Wildman–Crippen MR) is 84.4 cm³/mol. The van der Waals surface area contributed by atoms with Crippen LogP contribution in [0.15, 0.2) is 24.3 Å². The van der Waals surface area contributed by atoms with Gasteiger partial charge in [-0.3, -0.25) is 0 Å². The quantitative estimate of drug-likeness (QED) is 0.534.